The van der Waals surface area contributed by atoms with E-state index in [0.717, 1.165) is 0 Å². The third kappa shape index (κ3) is 10.2. The lowest BCUT2D eigenvalue weighted by atomic mass is 10.1. The Morgan fingerprint density at radius 1 is 0.824 bits per heavy atom. The van der Waals surface area contributed by atoms with Crippen LogP contribution in [0.15, 0.2) is 0 Å². The van der Waals surface area contributed by atoms with E-state index in [4.69, 9.17) is 0 Å². The van der Waals surface area contributed by atoms with Crippen molar-refractivity contribution in [1.82, 2.24) is 11.0 Å². The van der Waals surface area contributed by atoms with E-state index >= 15 is 0 Å². The Balaban J connectivity index is 3.33. The molecule has 8 nitrogen and oxygen atoms in total. The molecule has 2 amide bonds. The second-order valence-corrected chi connectivity index (χ2v) is 2.98. The number of hydroxylamine groups is 2. The van der Waals surface area contributed by atoms with Crippen LogP contribution >= 0.6 is 0 Å². The van der Waals surface area contributed by atoms with E-state index in [1.165, 1.54) is 0 Å². The normalized spacial score (nSPS) is 8.94. The summed E-state index contributed by atoms with van der Waals surface area (Å²) in [5, 5.41) is 0. The Labute approximate surface area is 97.5 Å². The molecule has 2 N–H and O–H groups in total. The van der Waals surface area contributed by atoms with Crippen molar-refractivity contribution in [1.29, 1.82) is 0 Å². The topological polar surface area (TPSA) is 111 Å². The monoisotopic (exact) mass is 246 g/mol. The summed E-state index contributed by atoms with van der Waals surface area (Å²) in [5.74, 6) is -1.08. The van der Waals surface area contributed by atoms with E-state index in [2.05, 4.69) is 9.68 Å². The second-order valence-electron chi connectivity index (χ2n) is 2.98. The molecule has 0 aromatic rings. The number of amides is 2. The van der Waals surface area contributed by atoms with Crippen LogP contribution in [-0.4, -0.2) is 24.8 Å². The molecular formula is C9H14N2O6. The first-order valence-electron chi connectivity index (χ1n) is 4.98. The van der Waals surface area contributed by atoms with Gasteiger partial charge in [0.05, 0.1) is 0 Å². The van der Waals surface area contributed by atoms with Gasteiger partial charge < -0.3 is 9.68 Å². The fraction of sp³-hybridized carbons (Fsp3) is 0.556. The van der Waals surface area contributed by atoms with Gasteiger partial charge in [-0.25, -0.2) is 9.59 Å². The SMILES string of the molecule is O=CNOC(=O)CCCCCC(=O)ONC=O. The van der Waals surface area contributed by atoms with Crippen LogP contribution in [0.4, 0.5) is 0 Å². The van der Waals surface area contributed by atoms with Gasteiger partial charge in [-0.1, -0.05) is 6.42 Å². The summed E-state index contributed by atoms with van der Waals surface area (Å²) in [5.41, 5.74) is 3.57. The molecule has 0 saturated carbocycles. The van der Waals surface area contributed by atoms with Crippen LogP contribution in [0.5, 0.6) is 0 Å². The molecule has 0 unspecified atom stereocenters. The summed E-state index contributed by atoms with van der Waals surface area (Å²) >= 11 is 0. The Kier molecular flexibility index (Phi) is 9.10. The van der Waals surface area contributed by atoms with E-state index in [1.807, 2.05) is 0 Å². The van der Waals surface area contributed by atoms with Gasteiger partial charge in [0, 0.05) is 12.8 Å². The van der Waals surface area contributed by atoms with Crippen LogP contribution in [0, 0.1) is 0 Å². The molecule has 0 atom stereocenters. The van der Waals surface area contributed by atoms with Gasteiger partial charge in [0.25, 0.3) is 0 Å². The van der Waals surface area contributed by atoms with E-state index in [0.29, 0.717) is 19.3 Å². The summed E-state index contributed by atoms with van der Waals surface area (Å²) in [6.45, 7) is 0. The maximum absolute atomic E-state index is 10.9. The molecule has 0 saturated heterocycles. The molecule has 0 radical (unpaired) electrons. The molecule has 96 valence electrons. The molecule has 0 aliphatic carbocycles. The molecule has 0 spiro atoms. The predicted molar refractivity (Wildman–Crippen MR) is 53.7 cm³/mol. The molecular weight excluding hydrogens is 232 g/mol. The van der Waals surface area contributed by atoms with Crippen LogP contribution < -0.4 is 11.0 Å². The smallest absolute Gasteiger partial charge is 0.332 e. The van der Waals surface area contributed by atoms with Gasteiger partial charge >= 0.3 is 11.9 Å². The first-order valence-corrected chi connectivity index (χ1v) is 4.98. The van der Waals surface area contributed by atoms with Crippen LogP contribution in [0.25, 0.3) is 0 Å². The van der Waals surface area contributed by atoms with Crippen LogP contribution in [-0.2, 0) is 28.9 Å². The number of carbonyl (C=O) groups is 4. The van der Waals surface area contributed by atoms with Crippen molar-refractivity contribution in [2.45, 2.75) is 32.1 Å². The van der Waals surface area contributed by atoms with Gasteiger partial charge in [0.2, 0.25) is 12.8 Å². The summed E-state index contributed by atoms with van der Waals surface area (Å²) < 4.78 is 0. The molecule has 0 aliphatic heterocycles. The summed E-state index contributed by atoms with van der Waals surface area (Å²) in [4.78, 5) is 49.8. The van der Waals surface area contributed by atoms with Crippen molar-refractivity contribution in [3.63, 3.8) is 0 Å². The lowest BCUT2D eigenvalue weighted by Crippen LogP contribution is -2.18. The van der Waals surface area contributed by atoms with Crippen LogP contribution in [0.3, 0.4) is 0 Å². The zero-order valence-corrected chi connectivity index (χ0v) is 9.14. The zero-order valence-electron chi connectivity index (χ0n) is 9.14. The molecule has 0 fully saturated rings. The van der Waals surface area contributed by atoms with Gasteiger partial charge in [-0.2, -0.15) is 11.0 Å². The zero-order chi connectivity index (χ0) is 12.9. The number of unbranched alkanes of at least 4 members (excludes halogenated alkanes) is 2. The molecule has 0 aromatic heterocycles. The molecule has 0 aromatic carbocycles. The fourth-order valence-corrected chi connectivity index (χ4v) is 0.997. The minimum absolute atomic E-state index is 0.155. The third-order valence-corrected chi connectivity index (χ3v) is 1.70. The Bertz CT molecular complexity index is 242. The molecule has 0 rings (SSSR count). The van der Waals surface area contributed by atoms with Gasteiger partial charge in [0.1, 0.15) is 0 Å². The van der Waals surface area contributed by atoms with Gasteiger partial charge in [0.15, 0.2) is 0 Å². The highest BCUT2D eigenvalue weighted by molar-refractivity contribution is 5.70. The largest absolute Gasteiger partial charge is 0.341 e. The highest BCUT2D eigenvalue weighted by Gasteiger charge is 2.05. The third-order valence-electron chi connectivity index (χ3n) is 1.70. The number of carbonyl (C=O) groups excluding carboxylic acids is 4. The van der Waals surface area contributed by atoms with E-state index in [9.17, 15) is 19.2 Å². The summed E-state index contributed by atoms with van der Waals surface area (Å²) in [6.07, 6.45) is 2.53. The van der Waals surface area contributed by atoms with Crippen molar-refractivity contribution in [2.24, 2.45) is 0 Å². The number of hydrogen-bond acceptors (Lipinski definition) is 6. The van der Waals surface area contributed by atoms with E-state index < -0.39 is 11.9 Å². The molecule has 8 heteroatoms. The van der Waals surface area contributed by atoms with E-state index in [1.54, 1.807) is 11.0 Å². The van der Waals surface area contributed by atoms with Crippen molar-refractivity contribution in [3.05, 3.63) is 0 Å². The van der Waals surface area contributed by atoms with Gasteiger partial charge in [-0.3, -0.25) is 9.59 Å². The number of nitrogens with one attached hydrogen (secondary N) is 2. The van der Waals surface area contributed by atoms with Crippen LogP contribution in [0.1, 0.15) is 32.1 Å². The molecule has 0 heterocycles. The maximum atomic E-state index is 10.9. The molecule has 0 aliphatic rings. The minimum Gasteiger partial charge on any atom is -0.341 e. The lowest BCUT2D eigenvalue weighted by Gasteiger charge is -2.02. The Morgan fingerprint density at radius 2 is 1.24 bits per heavy atom. The minimum atomic E-state index is -0.540. The van der Waals surface area contributed by atoms with E-state index in [-0.39, 0.29) is 25.7 Å². The standard InChI is InChI=1S/C9H14N2O6/c12-6-10-16-8(14)4-2-1-3-5-9(15)17-11-7-13/h6-7H,1-5H2,(H,10,12)(H,11,13). The van der Waals surface area contributed by atoms with Gasteiger partial charge in [-0.15, -0.1) is 0 Å². The van der Waals surface area contributed by atoms with Crippen molar-refractivity contribution in [2.75, 3.05) is 0 Å². The maximum Gasteiger partial charge on any atom is 0.332 e. The highest BCUT2D eigenvalue weighted by Crippen LogP contribution is 2.04. The van der Waals surface area contributed by atoms with Crippen molar-refractivity contribution in [3.8, 4) is 0 Å². The number of rotatable bonds is 10. The first kappa shape index (κ1) is 14.9. The van der Waals surface area contributed by atoms with Crippen LogP contribution in [0.2, 0.25) is 0 Å². The van der Waals surface area contributed by atoms with Crippen molar-refractivity contribution < 1.29 is 28.9 Å². The first-order chi connectivity index (χ1) is 8.20. The van der Waals surface area contributed by atoms with Gasteiger partial charge in [-0.05, 0) is 12.8 Å². The Hall–Kier alpha value is -2.12. The summed E-state index contributed by atoms with van der Waals surface area (Å²) in [7, 11) is 0. The number of hydrogen-bond donors (Lipinski definition) is 2. The predicted octanol–water partition coefficient (Wildman–Crippen LogP) is -0.655. The highest BCUT2D eigenvalue weighted by atomic mass is 16.7. The van der Waals surface area contributed by atoms with Crippen molar-refractivity contribution >= 4 is 24.8 Å². The molecule has 17 heavy (non-hydrogen) atoms. The fourth-order valence-electron chi connectivity index (χ4n) is 0.997. The quantitative estimate of drug-likeness (QED) is 0.301. The average molecular weight is 246 g/mol. The Morgan fingerprint density at radius 3 is 1.59 bits per heavy atom. The summed E-state index contributed by atoms with van der Waals surface area (Å²) in [6, 6.07) is 0. The molecule has 0 bridgehead atoms. The second kappa shape index (κ2) is 10.4. The lowest BCUT2D eigenvalue weighted by molar-refractivity contribution is -0.154. The average Bonchev–Trinajstić information content (AvgIpc) is 2.33.